The number of rotatable bonds is 4. The molecule has 1 aromatic rings. The smallest absolute Gasteiger partial charge is 0.225 e. The van der Waals surface area contributed by atoms with Gasteiger partial charge in [-0.15, -0.1) is 0 Å². The summed E-state index contributed by atoms with van der Waals surface area (Å²) in [7, 11) is 0. The van der Waals surface area contributed by atoms with Crippen LogP contribution in [0.5, 0.6) is 0 Å². The minimum atomic E-state index is -0.388. The van der Waals surface area contributed by atoms with Crippen LogP contribution in [-0.4, -0.2) is 17.7 Å². The van der Waals surface area contributed by atoms with Crippen molar-refractivity contribution in [1.29, 1.82) is 0 Å². The molecule has 1 aromatic heterocycles. The average molecular weight is 211 g/mol. The van der Waals surface area contributed by atoms with Crippen molar-refractivity contribution in [3.05, 3.63) is 22.4 Å². The Hall–Kier alpha value is -1.16. The summed E-state index contributed by atoms with van der Waals surface area (Å²) in [6.45, 7) is 3.16. The van der Waals surface area contributed by atoms with Gasteiger partial charge in [0.25, 0.3) is 0 Å². The van der Waals surface area contributed by atoms with Crippen molar-refractivity contribution in [2.75, 3.05) is 0 Å². The maximum Gasteiger partial charge on any atom is 0.225 e. The largest absolute Gasteiger partial charge is 0.346 e. The second-order valence-electron chi connectivity index (χ2n) is 3.21. The summed E-state index contributed by atoms with van der Waals surface area (Å²) in [5, 5.41) is 6.49. The lowest BCUT2D eigenvalue weighted by molar-refractivity contribution is -0.126. The van der Waals surface area contributed by atoms with Gasteiger partial charge in [-0.3, -0.25) is 9.59 Å². The Balaban J connectivity index is 2.40. The third kappa shape index (κ3) is 3.30. The average Bonchev–Trinajstić information content (AvgIpc) is 2.56. The summed E-state index contributed by atoms with van der Waals surface area (Å²) in [6, 6.07) is 1.52. The molecule has 14 heavy (non-hydrogen) atoms. The standard InChI is InChI=1S/C10H13NO2S/c1-7(8(2)12)11-10(13)5-9-3-4-14-6-9/h3-4,6-7H,5H2,1-2H3,(H,11,13). The molecule has 0 aliphatic carbocycles. The van der Waals surface area contributed by atoms with E-state index >= 15 is 0 Å². The second kappa shape index (κ2) is 4.91. The zero-order valence-electron chi connectivity index (χ0n) is 8.24. The first-order valence-electron chi connectivity index (χ1n) is 4.40. The van der Waals surface area contributed by atoms with Gasteiger partial charge in [0.2, 0.25) is 5.91 Å². The zero-order chi connectivity index (χ0) is 10.6. The van der Waals surface area contributed by atoms with Gasteiger partial charge in [-0.2, -0.15) is 11.3 Å². The van der Waals surface area contributed by atoms with Gasteiger partial charge in [-0.05, 0) is 36.2 Å². The third-order valence-electron chi connectivity index (χ3n) is 1.93. The lowest BCUT2D eigenvalue weighted by Gasteiger charge is -2.09. The molecule has 0 saturated heterocycles. The topological polar surface area (TPSA) is 46.2 Å². The summed E-state index contributed by atoms with van der Waals surface area (Å²) in [5.74, 6) is -0.130. The van der Waals surface area contributed by atoms with Crippen molar-refractivity contribution >= 4 is 23.0 Å². The molecule has 4 heteroatoms. The van der Waals surface area contributed by atoms with Gasteiger partial charge in [0.15, 0.2) is 5.78 Å². The summed E-state index contributed by atoms with van der Waals surface area (Å²) >= 11 is 1.56. The second-order valence-corrected chi connectivity index (χ2v) is 3.99. The quantitative estimate of drug-likeness (QED) is 0.818. The third-order valence-corrected chi connectivity index (χ3v) is 2.66. The van der Waals surface area contributed by atoms with E-state index in [1.165, 1.54) is 6.92 Å². The SMILES string of the molecule is CC(=O)C(C)NC(=O)Cc1ccsc1. The van der Waals surface area contributed by atoms with Gasteiger partial charge in [0.05, 0.1) is 12.5 Å². The number of amides is 1. The van der Waals surface area contributed by atoms with Gasteiger partial charge in [-0.25, -0.2) is 0 Å². The maximum atomic E-state index is 11.4. The van der Waals surface area contributed by atoms with E-state index in [1.54, 1.807) is 18.3 Å². The van der Waals surface area contributed by atoms with Gasteiger partial charge in [0.1, 0.15) is 0 Å². The molecule has 1 atom stereocenters. The fraction of sp³-hybridized carbons (Fsp3) is 0.400. The Morgan fingerprint density at radius 1 is 1.57 bits per heavy atom. The van der Waals surface area contributed by atoms with Crippen LogP contribution in [-0.2, 0) is 16.0 Å². The van der Waals surface area contributed by atoms with Crippen LogP contribution >= 0.6 is 11.3 Å². The molecule has 1 amide bonds. The predicted molar refractivity (Wildman–Crippen MR) is 56.3 cm³/mol. The molecule has 0 aromatic carbocycles. The first kappa shape index (κ1) is 10.9. The van der Waals surface area contributed by atoms with Crippen LogP contribution in [0.1, 0.15) is 19.4 Å². The molecular formula is C10H13NO2S. The van der Waals surface area contributed by atoms with Crippen LogP contribution < -0.4 is 5.32 Å². The lowest BCUT2D eigenvalue weighted by Crippen LogP contribution is -2.38. The van der Waals surface area contributed by atoms with Crippen LogP contribution in [0.3, 0.4) is 0 Å². The predicted octanol–water partition coefficient (Wildman–Crippen LogP) is 1.38. The molecular weight excluding hydrogens is 198 g/mol. The van der Waals surface area contributed by atoms with Crippen molar-refractivity contribution < 1.29 is 9.59 Å². The van der Waals surface area contributed by atoms with Crippen LogP contribution in [0.25, 0.3) is 0 Å². The van der Waals surface area contributed by atoms with Crippen LogP contribution in [0.15, 0.2) is 16.8 Å². The Labute approximate surface area is 87.1 Å². The van der Waals surface area contributed by atoms with E-state index in [1.807, 2.05) is 16.8 Å². The van der Waals surface area contributed by atoms with E-state index in [2.05, 4.69) is 5.32 Å². The first-order chi connectivity index (χ1) is 6.59. The van der Waals surface area contributed by atoms with Crippen molar-refractivity contribution in [3.8, 4) is 0 Å². The Kier molecular flexibility index (Phi) is 3.83. The van der Waals surface area contributed by atoms with E-state index in [0.29, 0.717) is 6.42 Å². The summed E-state index contributed by atoms with van der Waals surface area (Å²) in [5.41, 5.74) is 0.989. The molecule has 0 spiro atoms. The molecule has 1 rings (SSSR count). The normalized spacial score (nSPS) is 12.1. The number of Topliss-reactive ketones (excluding diaryl/α,β-unsaturated/α-hetero) is 1. The Bertz CT molecular complexity index is 319. The highest BCUT2D eigenvalue weighted by atomic mass is 32.1. The highest BCUT2D eigenvalue weighted by Gasteiger charge is 2.11. The molecule has 1 heterocycles. The molecule has 0 saturated carbocycles. The van der Waals surface area contributed by atoms with Crippen molar-refractivity contribution in [1.82, 2.24) is 5.32 Å². The molecule has 0 bridgehead atoms. The summed E-state index contributed by atoms with van der Waals surface area (Å²) < 4.78 is 0. The van der Waals surface area contributed by atoms with Gasteiger partial charge < -0.3 is 5.32 Å². The van der Waals surface area contributed by atoms with Gasteiger partial charge in [-0.1, -0.05) is 0 Å². The van der Waals surface area contributed by atoms with E-state index in [4.69, 9.17) is 0 Å². The molecule has 76 valence electrons. The van der Waals surface area contributed by atoms with Crippen LogP contribution in [0.2, 0.25) is 0 Å². The highest BCUT2D eigenvalue weighted by molar-refractivity contribution is 7.07. The number of hydrogen-bond acceptors (Lipinski definition) is 3. The lowest BCUT2D eigenvalue weighted by atomic mass is 10.2. The van der Waals surface area contributed by atoms with E-state index in [-0.39, 0.29) is 17.7 Å². The summed E-state index contributed by atoms with van der Waals surface area (Å²) in [6.07, 6.45) is 0.348. The van der Waals surface area contributed by atoms with Crippen molar-refractivity contribution in [3.63, 3.8) is 0 Å². The number of thiophene rings is 1. The fourth-order valence-electron chi connectivity index (χ4n) is 0.973. The molecule has 1 N–H and O–H groups in total. The minimum absolute atomic E-state index is 0.0244. The highest BCUT2D eigenvalue weighted by Crippen LogP contribution is 2.06. The molecule has 0 fully saturated rings. The molecule has 3 nitrogen and oxygen atoms in total. The number of ketones is 1. The Morgan fingerprint density at radius 3 is 2.79 bits per heavy atom. The monoisotopic (exact) mass is 211 g/mol. The van der Waals surface area contributed by atoms with E-state index in [0.717, 1.165) is 5.56 Å². The maximum absolute atomic E-state index is 11.4. The van der Waals surface area contributed by atoms with E-state index in [9.17, 15) is 9.59 Å². The molecule has 0 aliphatic heterocycles. The molecule has 1 unspecified atom stereocenters. The summed E-state index contributed by atoms with van der Waals surface area (Å²) in [4.78, 5) is 22.2. The van der Waals surface area contributed by atoms with Gasteiger partial charge in [0, 0.05) is 0 Å². The first-order valence-corrected chi connectivity index (χ1v) is 5.34. The van der Waals surface area contributed by atoms with Crippen LogP contribution in [0.4, 0.5) is 0 Å². The number of hydrogen-bond donors (Lipinski definition) is 1. The van der Waals surface area contributed by atoms with Crippen LogP contribution in [0, 0.1) is 0 Å². The number of carbonyl (C=O) groups is 2. The number of carbonyl (C=O) groups excluding carboxylic acids is 2. The zero-order valence-corrected chi connectivity index (χ0v) is 9.06. The van der Waals surface area contributed by atoms with Crippen molar-refractivity contribution in [2.24, 2.45) is 0 Å². The van der Waals surface area contributed by atoms with Crippen molar-refractivity contribution in [2.45, 2.75) is 26.3 Å². The molecule has 0 aliphatic rings. The van der Waals surface area contributed by atoms with Gasteiger partial charge >= 0.3 is 0 Å². The Morgan fingerprint density at radius 2 is 2.29 bits per heavy atom. The minimum Gasteiger partial charge on any atom is -0.346 e. The van der Waals surface area contributed by atoms with E-state index < -0.39 is 0 Å². The number of nitrogens with one attached hydrogen (secondary N) is 1. The fourth-order valence-corrected chi connectivity index (χ4v) is 1.64. The molecule has 0 radical (unpaired) electrons.